The van der Waals surface area contributed by atoms with E-state index < -0.39 is 0 Å². The number of rotatable bonds is 1. The Balaban J connectivity index is 0.000000810. The SMILES string of the molecule is SCc1ccc(Cl)cc1.[Pb]. The molecular formula is C7H7ClPbS. The maximum atomic E-state index is 5.64. The first-order chi connectivity index (χ1) is 4.33. The largest absolute Gasteiger partial charge is 0.175 e. The molecule has 1 rings (SSSR count). The van der Waals surface area contributed by atoms with E-state index in [0.29, 0.717) is 0 Å². The Morgan fingerprint density at radius 1 is 1.20 bits per heavy atom. The van der Waals surface area contributed by atoms with Gasteiger partial charge >= 0.3 is 0 Å². The van der Waals surface area contributed by atoms with Gasteiger partial charge in [-0.2, -0.15) is 12.6 Å². The third-order valence-electron chi connectivity index (χ3n) is 1.10. The van der Waals surface area contributed by atoms with E-state index in [0.717, 1.165) is 10.8 Å². The Kier molecular flexibility index (Phi) is 5.86. The van der Waals surface area contributed by atoms with Crippen LogP contribution >= 0.6 is 24.2 Å². The Labute approximate surface area is 91.5 Å². The summed E-state index contributed by atoms with van der Waals surface area (Å²) in [7, 11) is 0. The summed E-state index contributed by atoms with van der Waals surface area (Å²) in [6.45, 7) is 0. The van der Waals surface area contributed by atoms with Crippen LogP contribution in [0.5, 0.6) is 0 Å². The molecule has 3 heteroatoms. The molecule has 0 nitrogen and oxygen atoms in total. The van der Waals surface area contributed by atoms with Gasteiger partial charge in [0.25, 0.3) is 0 Å². The molecule has 0 aromatic heterocycles. The van der Waals surface area contributed by atoms with Crippen molar-refractivity contribution < 1.29 is 0 Å². The number of benzene rings is 1. The van der Waals surface area contributed by atoms with Crippen LogP contribution in [0.4, 0.5) is 0 Å². The van der Waals surface area contributed by atoms with Crippen LogP contribution in [0.1, 0.15) is 5.56 Å². The minimum absolute atomic E-state index is 0. The van der Waals surface area contributed by atoms with Crippen molar-refractivity contribution in [1.29, 1.82) is 0 Å². The fourth-order valence-corrected chi connectivity index (χ4v) is 0.927. The second kappa shape index (κ2) is 5.43. The van der Waals surface area contributed by atoms with E-state index in [-0.39, 0.29) is 27.3 Å². The molecule has 0 aliphatic heterocycles. The van der Waals surface area contributed by atoms with E-state index in [9.17, 15) is 0 Å². The van der Waals surface area contributed by atoms with Crippen molar-refractivity contribution in [1.82, 2.24) is 0 Å². The standard InChI is InChI=1S/C7H7ClS.Pb/c8-7-3-1-6(5-9)2-4-7;/h1-4,9H,5H2;. The van der Waals surface area contributed by atoms with E-state index in [1.807, 2.05) is 24.3 Å². The summed E-state index contributed by atoms with van der Waals surface area (Å²) in [5, 5.41) is 0.778. The molecule has 52 valence electrons. The van der Waals surface area contributed by atoms with Crippen LogP contribution in [-0.4, -0.2) is 27.3 Å². The van der Waals surface area contributed by atoms with E-state index in [4.69, 9.17) is 11.6 Å². The zero-order chi connectivity index (χ0) is 6.69. The van der Waals surface area contributed by atoms with Gasteiger partial charge in [-0.1, -0.05) is 23.7 Å². The zero-order valence-corrected chi connectivity index (χ0v) is 10.9. The molecule has 1 aromatic carbocycles. The third kappa shape index (κ3) is 3.26. The molecule has 0 N–H and O–H groups in total. The molecule has 0 atom stereocenters. The van der Waals surface area contributed by atoms with Crippen LogP contribution in [0.15, 0.2) is 24.3 Å². The molecule has 10 heavy (non-hydrogen) atoms. The predicted molar refractivity (Wildman–Crippen MR) is 49.9 cm³/mol. The average molecular weight is 366 g/mol. The monoisotopic (exact) mass is 366 g/mol. The molecule has 0 amide bonds. The van der Waals surface area contributed by atoms with Crippen molar-refractivity contribution in [3.63, 3.8) is 0 Å². The van der Waals surface area contributed by atoms with Crippen LogP contribution in [0.2, 0.25) is 5.02 Å². The molecule has 0 saturated heterocycles. The molecule has 0 heterocycles. The van der Waals surface area contributed by atoms with Crippen molar-refractivity contribution in [3.8, 4) is 0 Å². The van der Waals surface area contributed by atoms with E-state index in [1.54, 1.807) is 0 Å². The van der Waals surface area contributed by atoms with E-state index in [2.05, 4.69) is 12.6 Å². The van der Waals surface area contributed by atoms with Gasteiger partial charge in [0.1, 0.15) is 0 Å². The minimum atomic E-state index is 0. The van der Waals surface area contributed by atoms with Gasteiger partial charge in [0.15, 0.2) is 0 Å². The maximum Gasteiger partial charge on any atom is 0.0406 e. The van der Waals surface area contributed by atoms with Crippen molar-refractivity contribution in [2.45, 2.75) is 5.75 Å². The molecule has 0 unspecified atom stereocenters. The van der Waals surface area contributed by atoms with Crippen LogP contribution < -0.4 is 0 Å². The average Bonchev–Trinajstić information content (AvgIpc) is 1.90. The quantitative estimate of drug-likeness (QED) is 0.573. The van der Waals surface area contributed by atoms with Crippen LogP contribution in [0.3, 0.4) is 0 Å². The Morgan fingerprint density at radius 2 is 1.70 bits per heavy atom. The second-order valence-electron chi connectivity index (χ2n) is 1.78. The van der Waals surface area contributed by atoms with Crippen molar-refractivity contribution >= 4 is 51.5 Å². The van der Waals surface area contributed by atoms with Gasteiger partial charge in [-0.15, -0.1) is 0 Å². The second-order valence-corrected chi connectivity index (χ2v) is 2.54. The molecule has 0 bridgehead atoms. The number of halogens is 1. The predicted octanol–water partition coefficient (Wildman–Crippen LogP) is 2.39. The van der Waals surface area contributed by atoms with Gasteiger partial charge in [-0.3, -0.25) is 0 Å². The third-order valence-corrected chi connectivity index (χ3v) is 1.71. The smallest absolute Gasteiger partial charge is 0.0406 e. The summed E-state index contributed by atoms with van der Waals surface area (Å²) < 4.78 is 0. The maximum absolute atomic E-state index is 5.64. The van der Waals surface area contributed by atoms with E-state index >= 15 is 0 Å². The zero-order valence-electron chi connectivity index (χ0n) is 5.34. The first kappa shape index (κ1) is 10.8. The minimum Gasteiger partial charge on any atom is -0.175 e. The van der Waals surface area contributed by atoms with Gasteiger partial charge in [0.2, 0.25) is 0 Å². The number of hydrogen-bond donors (Lipinski definition) is 1. The van der Waals surface area contributed by atoms with Crippen LogP contribution in [0, 0.1) is 0 Å². The molecule has 4 radical (unpaired) electrons. The molecule has 1 aromatic rings. The summed E-state index contributed by atoms with van der Waals surface area (Å²) in [5.74, 6) is 0.775. The van der Waals surface area contributed by atoms with Gasteiger partial charge in [-0.25, -0.2) is 0 Å². The summed E-state index contributed by atoms with van der Waals surface area (Å²) in [5.41, 5.74) is 1.20. The van der Waals surface area contributed by atoms with Gasteiger partial charge in [-0.05, 0) is 17.7 Å². The summed E-state index contributed by atoms with van der Waals surface area (Å²) in [6.07, 6.45) is 0. The van der Waals surface area contributed by atoms with E-state index in [1.165, 1.54) is 5.56 Å². The fourth-order valence-electron chi connectivity index (χ4n) is 0.590. The number of hydrogen-bond acceptors (Lipinski definition) is 1. The molecule has 0 saturated carbocycles. The Bertz CT molecular complexity index is 185. The van der Waals surface area contributed by atoms with Crippen LogP contribution in [-0.2, 0) is 5.75 Å². The Hall–Kier alpha value is 0.782. The van der Waals surface area contributed by atoms with Crippen molar-refractivity contribution in [2.75, 3.05) is 0 Å². The first-order valence-corrected chi connectivity index (χ1v) is 3.69. The topological polar surface area (TPSA) is 0 Å². The summed E-state index contributed by atoms with van der Waals surface area (Å²) >= 11 is 9.74. The molecular weight excluding hydrogens is 359 g/mol. The summed E-state index contributed by atoms with van der Waals surface area (Å²) in [4.78, 5) is 0. The molecule has 0 aliphatic carbocycles. The van der Waals surface area contributed by atoms with Gasteiger partial charge < -0.3 is 0 Å². The summed E-state index contributed by atoms with van der Waals surface area (Å²) in [6, 6.07) is 7.67. The van der Waals surface area contributed by atoms with Crippen LogP contribution in [0.25, 0.3) is 0 Å². The van der Waals surface area contributed by atoms with Crippen molar-refractivity contribution in [2.24, 2.45) is 0 Å². The van der Waals surface area contributed by atoms with Gasteiger partial charge in [0.05, 0.1) is 0 Å². The van der Waals surface area contributed by atoms with Crippen molar-refractivity contribution in [3.05, 3.63) is 34.9 Å². The fraction of sp³-hybridized carbons (Fsp3) is 0.143. The first-order valence-electron chi connectivity index (χ1n) is 2.68. The normalized spacial score (nSPS) is 8.60. The molecule has 0 spiro atoms. The number of thiol groups is 1. The van der Waals surface area contributed by atoms with Gasteiger partial charge in [0, 0.05) is 38.1 Å². The molecule has 0 aliphatic rings. The Morgan fingerprint density at radius 3 is 2.10 bits per heavy atom. The molecule has 0 fully saturated rings.